The van der Waals surface area contributed by atoms with Gasteiger partial charge < -0.3 is 14.4 Å². The highest BCUT2D eigenvalue weighted by molar-refractivity contribution is 6.62. The number of phenols is 1. The van der Waals surface area contributed by atoms with Gasteiger partial charge in [0, 0.05) is 29.1 Å². The molecule has 0 amide bonds. The van der Waals surface area contributed by atoms with Crippen LogP contribution in [-0.2, 0) is 9.31 Å². The molecule has 1 fully saturated rings. The maximum atomic E-state index is 9.70. The molecule has 0 bridgehead atoms. The summed E-state index contributed by atoms with van der Waals surface area (Å²) in [6, 6.07) is 4.84. The summed E-state index contributed by atoms with van der Waals surface area (Å²) in [6.45, 7) is 5.34. The standard InChI is InChI=1S/C11H14BClO3/c1-11(2)6-15-12(16-7-11)9-5-8(13)3-4-10(9)14/h3-5,14H,6-7H2,1-2H3. The van der Waals surface area contributed by atoms with Crippen LogP contribution < -0.4 is 5.46 Å². The average Bonchev–Trinajstić information content (AvgIpc) is 2.22. The Labute approximate surface area is 100 Å². The van der Waals surface area contributed by atoms with Crippen LogP contribution in [0, 0.1) is 5.41 Å². The topological polar surface area (TPSA) is 38.7 Å². The smallest absolute Gasteiger partial charge is 0.497 e. The van der Waals surface area contributed by atoms with E-state index in [2.05, 4.69) is 13.8 Å². The fourth-order valence-corrected chi connectivity index (χ4v) is 1.77. The van der Waals surface area contributed by atoms with Crippen LogP contribution >= 0.6 is 11.6 Å². The van der Waals surface area contributed by atoms with Crippen molar-refractivity contribution in [2.45, 2.75) is 13.8 Å². The Hall–Kier alpha value is -0.705. The van der Waals surface area contributed by atoms with Gasteiger partial charge in [0.15, 0.2) is 0 Å². The van der Waals surface area contributed by atoms with Gasteiger partial charge in [-0.05, 0) is 18.2 Å². The first-order chi connectivity index (χ1) is 7.48. The molecule has 1 saturated heterocycles. The van der Waals surface area contributed by atoms with Gasteiger partial charge in [0.25, 0.3) is 0 Å². The van der Waals surface area contributed by atoms with Crippen molar-refractivity contribution in [2.24, 2.45) is 5.41 Å². The van der Waals surface area contributed by atoms with Crippen LogP contribution in [-0.4, -0.2) is 25.4 Å². The number of hydrogen-bond donors (Lipinski definition) is 1. The lowest BCUT2D eigenvalue weighted by Crippen LogP contribution is -2.47. The monoisotopic (exact) mass is 240 g/mol. The summed E-state index contributed by atoms with van der Waals surface area (Å²) in [5.41, 5.74) is 0.605. The second-order valence-corrected chi connectivity index (χ2v) is 5.26. The van der Waals surface area contributed by atoms with Crippen molar-refractivity contribution < 1.29 is 14.4 Å². The highest BCUT2D eigenvalue weighted by atomic mass is 35.5. The minimum Gasteiger partial charge on any atom is -0.508 e. The summed E-state index contributed by atoms with van der Waals surface area (Å²) >= 11 is 5.87. The number of halogens is 1. The highest BCUT2D eigenvalue weighted by Gasteiger charge is 2.34. The first kappa shape index (κ1) is 11.8. The Bertz CT molecular complexity index is 385. The molecule has 1 aromatic carbocycles. The Kier molecular flexibility index (Phi) is 3.15. The van der Waals surface area contributed by atoms with Crippen molar-refractivity contribution in [3.63, 3.8) is 0 Å². The van der Waals surface area contributed by atoms with Gasteiger partial charge in [0.05, 0.1) is 0 Å². The van der Waals surface area contributed by atoms with Gasteiger partial charge in [-0.3, -0.25) is 0 Å². The maximum Gasteiger partial charge on any atom is 0.497 e. The lowest BCUT2D eigenvalue weighted by Gasteiger charge is -2.33. The van der Waals surface area contributed by atoms with Gasteiger partial charge in [0.1, 0.15) is 5.75 Å². The van der Waals surface area contributed by atoms with Crippen LogP contribution in [0.3, 0.4) is 0 Å². The molecule has 0 atom stereocenters. The van der Waals surface area contributed by atoms with E-state index in [1.54, 1.807) is 18.2 Å². The van der Waals surface area contributed by atoms with E-state index in [1.165, 1.54) is 0 Å². The Morgan fingerprint density at radius 2 is 1.94 bits per heavy atom. The largest absolute Gasteiger partial charge is 0.508 e. The molecular formula is C11H14BClO3. The van der Waals surface area contributed by atoms with Crippen molar-refractivity contribution >= 4 is 24.2 Å². The third kappa shape index (κ3) is 2.51. The van der Waals surface area contributed by atoms with Gasteiger partial charge in [-0.1, -0.05) is 25.4 Å². The fraction of sp³-hybridized carbons (Fsp3) is 0.455. The summed E-state index contributed by atoms with van der Waals surface area (Å²) in [6.07, 6.45) is 0. The van der Waals surface area contributed by atoms with Crippen molar-refractivity contribution in [1.82, 2.24) is 0 Å². The summed E-state index contributed by atoms with van der Waals surface area (Å²) < 4.78 is 11.1. The molecular weight excluding hydrogens is 226 g/mol. The number of rotatable bonds is 1. The SMILES string of the molecule is CC1(C)COB(c2cc(Cl)ccc2O)OC1. The Morgan fingerprint density at radius 3 is 2.56 bits per heavy atom. The minimum atomic E-state index is -0.522. The first-order valence-corrected chi connectivity index (χ1v) is 5.57. The number of benzene rings is 1. The van der Waals surface area contributed by atoms with Gasteiger partial charge in [0.2, 0.25) is 0 Å². The molecule has 3 nitrogen and oxygen atoms in total. The van der Waals surface area contributed by atoms with E-state index in [-0.39, 0.29) is 11.2 Å². The average molecular weight is 240 g/mol. The predicted octanol–water partition coefficient (Wildman–Crippen LogP) is 1.81. The molecule has 5 heteroatoms. The lowest BCUT2D eigenvalue weighted by atomic mass is 9.75. The van der Waals surface area contributed by atoms with Crippen molar-refractivity contribution in [3.05, 3.63) is 23.2 Å². The van der Waals surface area contributed by atoms with Crippen molar-refractivity contribution in [2.75, 3.05) is 13.2 Å². The van der Waals surface area contributed by atoms with Crippen LogP contribution in [0.5, 0.6) is 5.75 Å². The van der Waals surface area contributed by atoms with Gasteiger partial charge in [-0.25, -0.2) is 0 Å². The molecule has 1 aromatic rings. The highest BCUT2D eigenvalue weighted by Crippen LogP contribution is 2.23. The molecule has 0 unspecified atom stereocenters. The number of hydrogen-bond acceptors (Lipinski definition) is 3. The summed E-state index contributed by atoms with van der Waals surface area (Å²) in [5, 5.41) is 10.3. The third-order valence-electron chi connectivity index (χ3n) is 2.49. The van der Waals surface area contributed by atoms with E-state index in [4.69, 9.17) is 20.9 Å². The normalized spacial score (nSPS) is 19.8. The van der Waals surface area contributed by atoms with Crippen LogP contribution in [0.25, 0.3) is 0 Å². The fourth-order valence-electron chi connectivity index (χ4n) is 1.59. The first-order valence-electron chi connectivity index (χ1n) is 5.20. The molecule has 1 N–H and O–H groups in total. The Balaban J connectivity index is 2.17. The van der Waals surface area contributed by atoms with Crippen LogP contribution in [0.4, 0.5) is 0 Å². The zero-order chi connectivity index (χ0) is 11.8. The molecule has 1 heterocycles. The van der Waals surface area contributed by atoms with Crippen molar-refractivity contribution in [3.8, 4) is 5.75 Å². The summed E-state index contributed by atoms with van der Waals surface area (Å²) in [4.78, 5) is 0. The zero-order valence-electron chi connectivity index (χ0n) is 9.37. The molecule has 0 spiro atoms. The second-order valence-electron chi connectivity index (χ2n) is 4.82. The molecule has 0 aromatic heterocycles. The molecule has 0 aliphatic carbocycles. The molecule has 1 aliphatic heterocycles. The molecule has 0 saturated carbocycles. The summed E-state index contributed by atoms with van der Waals surface area (Å²) in [5.74, 6) is 0.147. The molecule has 2 rings (SSSR count). The number of aromatic hydroxyl groups is 1. The van der Waals surface area contributed by atoms with Gasteiger partial charge in [-0.15, -0.1) is 0 Å². The third-order valence-corrected chi connectivity index (χ3v) is 2.73. The van der Waals surface area contributed by atoms with E-state index in [1.807, 2.05) is 0 Å². The van der Waals surface area contributed by atoms with Crippen LogP contribution in [0.2, 0.25) is 5.02 Å². The summed E-state index contributed by atoms with van der Waals surface area (Å²) in [7, 11) is -0.522. The van der Waals surface area contributed by atoms with E-state index >= 15 is 0 Å². The van der Waals surface area contributed by atoms with Crippen molar-refractivity contribution in [1.29, 1.82) is 0 Å². The van der Waals surface area contributed by atoms with E-state index in [9.17, 15) is 5.11 Å². The van der Waals surface area contributed by atoms with E-state index in [0.29, 0.717) is 23.7 Å². The zero-order valence-corrected chi connectivity index (χ0v) is 10.1. The number of phenolic OH excluding ortho intramolecular Hbond substituents is 1. The molecule has 1 aliphatic rings. The Morgan fingerprint density at radius 1 is 1.31 bits per heavy atom. The van der Waals surface area contributed by atoms with Crippen LogP contribution in [0.15, 0.2) is 18.2 Å². The van der Waals surface area contributed by atoms with Gasteiger partial charge in [-0.2, -0.15) is 0 Å². The molecule has 0 radical (unpaired) electrons. The molecule has 86 valence electrons. The predicted molar refractivity (Wildman–Crippen MR) is 64.2 cm³/mol. The second kappa shape index (κ2) is 4.28. The van der Waals surface area contributed by atoms with E-state index in [0.717, 1.165) is 0 Å². The quantitative estimate of drug-likeness (QED) is 0.761. The van der Waals surface area contributed by atoms with Crippen LogP contribution in [0.1, 0.15) is 13.8 Å². The maximum absolute atomic E-state index is 9.70. The lowest BCUT2D eigenvalue weighted by molar-refractivity contribution is 0.0341. The van der Waals surface area contributed by atoms with E-state index < -0.39 is 7.12 Å². The molecule has 16 heavy (non-hydrogen) atoms. The van der Waals surface area contributed by atoms with Gasteiger partial charge >= 0.3 is 7.12 Å². The minimum absolute atomic E-state index is 0.0185.